The van der Waals surface area contributed by atoms with E-state index < -0.39 is 0 Å². The molecule has 1 aliphatic heterocycles. The van der Waals surface area contributed by atoms with Gasteiger partial charge in [-0.25, -0.2) is 0 Å². The highest BCUT2D eigenvalue weighted by atomic mass is 16.3. The number of amides is 2. The molecular formula is C14H21N3O3. The Hall–Kier alpha value is -1.82. The zero-order valence-corrected chi connectivity index (χ0v) is 11.7. The predicted octanol–water partition coefficient (Wildman–Crippen LogP) is 0.434. The Morgan fingerprint density at radius 2 is 2.20 bits per heavy atom. The van der Waals surface area contributed by atoms with Gasteiger partial charge in [0.25, 0.3) is 5.91 Å². The van der Waals surface area contributed by atoms with E-state index in [1.165, 1.54) is 6.26 Å². The molecule has 3 N–H and O–H groups in total. The average Bonchev–Trinajstić information content (AvgIpc) is 3.08. The second-order valence-electron chi connectivity index (χ2n) is 5.02. The van der Waals surface area contributed by atoms with Gasteiger partial charge in [-0.2, -0.15) is 0 Å². The minimum Gasteiger partial charge on any atom is -0.459 e. The Labute approximate surface area is 118 Å². The number of rotatable bonds is 6. The van der Waals surface area contributed by atoms with Gasteiger partial charge in [0.05, 0.1) is 12.2 Å². The molecule has 2 heterocycles. The van der Waals surface area contributed by atoms with Crippen molar-refractivity contribution in [2.75, 3.05) is 26.2 Å². The Kier molecular flexibility index (Phi) is 5.17. The lowest BCUT2D eigenvalue weighted by molar-refractivity contribution is -0.124. The van der Waals surface area contributed by atoms with Gasteiger partial charge in [0.15, 0.2) is 5.76 Å². The standard InChI is InChI=1S/C14H21N3O3/c1-10-4-8-20-12(10)14(19)17-6-2-5-16-13(18)11-3-7-15-9-11/h4,8,11,15H,2-3,5-7,9H2,1H3,(H,16,18)(H,17,19). The van der Waals surface area contributed by atoms with Crippen molar-refractivity contribution in [1.29, 1.82) is 0 Å². The van der Waals surface area contributed by atoms with Crippen LogP contribution in [-0.4, -0.2) is 38.0 Å². The summed E-state index contributed by atoms with van der Waals surface area (Å²) >= 11 is 0. The molecule has 2 amide bonds. The lowest BCUT2D eigenvalue weighted by atomic mass is 10.1. The first-order chi connectivity index (χ1) is 9.68. The summed E-state index contributed by atoms with van der Waals surface area (Å²) in [6.45, 7) is 4.60. The van der Waals surface area contributed by atoms with Crippen molar-refractivity contribution in [3.8, 4) is 0 Å². The van der Waals surface area contributed by atoms with E-state index in [1.807, 2.05) is 6.92 Å². The third kappa shape index (κ3) is 3.84. The maximum Gasteiger partial charge on any atom is 0.287 e. The van der Waals surface area contributed by atoms with Crippen molar-refractivity contribution in [3.63, 3.8) is 0 Å². The monoisotopic (exact) mass is 279 g/mol. The number of hydrogen-bond donors (Lipinski definition) is 3. The molecule has 1 aliphatic rings. The van der Waals surface area contributed by atoms with Gasteiger partial charge in [0.1, 0.15) is 0 Å². The molecule has 6 nitrogen and oxygen atoms in total. The first-order valence-electron chi connectivity index (χ1n) is 6.99. The molecule has 6 heteroatoms. The number of hydrogen-bond acceptors (Lipinski definition) is 4. The average molecular weight is 279 g/mol. The highest BCUT2D eigenvalue weighted by Gasteiger charge is 2.21. The normalized spacial score (nSPS) is 17.9. The van der Waals surface area contributed by atoms with Crippen LogP contribution in [0.15, 0.2) is 16.7 Å². The summed E-state index contributed by atoms with van der Waals surface area (Å²) in [4.78, 5) is 23.5. The lowest BCUT2D eigenvalue weighted by Crippen LogP contribution is -2.34. The molecule has 1 aromatic rings. The zero-order valence-electron chi connectivity index (χ0n) is 11.7. The van der Waals surface area contributed by atoms with Crippen molar-refractivity contribution in [1.82, 2.24) is 16.0 Å². The van der Waals surface area contributed by atoms with Gasteiger partial charge in [0, 0.05) is 25.2 Å². The van der Waals surface area contributed by atoms with Crippen LogP contribution in [-0.2, 0) is 4.79 Å². The third-order valence-corrected chi connectivity index (χ3v) is 3.44. The van der Waals surface area contributed by atoms with E-state index in [1.54, 1.807) is 6.07 Å². The van der Waals surface area contributed by atoms with Crippen LogP contribution in [0.1, 0.15) is 29.0 Å². The first-order valence-corrected chi connectivity index (χ1v) is 6.99. The highest BCUT2D eigenvalue weighted by Crippen LogP contribution is 2.08. The second-order valence-corrected chi connectivity index (χ2v) is 5.02. The molecule has 0 spiro atoms. The first kappa shape index (κ1) is 14.6. The lowest BCUT2D eigenvalue weighted by Gasteiger charge is -2.10. The summed E-state index contributed by atoms with van der Waals surface area (Å²) in [7, 11) is 0. The van der Waals surface area contributed by atoms with Gasteiger partial charge in [-0.15, -0.1) is 0 Å². The minimum absolute atomic E-state index is 0.0929. The topological polar surface area (TPSA) is 83.4 Å². The van der Waals surface area contributed by atoms with E-state index in [9.17, 15) is 9.59 Å². The number of aryl methyl sites for hydroxylation is 1. The maximum atomic E-state index is 11.7. The summed E-state index contributed by atoms with van der Waals surface area (Å²) < 4.78 is 5.10. The Bertz CT molecular complexity index is 464. The molecule has 1 unspecified atom stereocenters. The zero-order chi connectivity index (χ0) is 14.4. The molecule has 0 radical (unpaired) electrons. The number of furan rings is 1. The van der Waals surface area contributed by atoms with Crippen molar-refractivity contribution in [2.45, 2.75) is 19.8 Å². The van der Waals surface area contributed by atoms with Crippen molar-refractivity contribution >= 4 is 11.8 Å². The molecule has 1 aromatic heterocycles. The molecule has 2 rings (SSSR count). The summed E-state index contributed by atoms with van der Waals surface area (Å²) in [5.41, 5.74) is 0.824. The van der Waals surface area contributed by atoms with Gasteiger partial charge in [0.2, 0.25) is 5.91 Å². The fraction of sp³-hybridized carbons (Fsp3) is 0.571. The number of carbonyl (C=O) groups is 2. The van der Waals surface area contributed by atoms with Gasteiger partial charge in [-0.3, -0.25) is 9.59 Å². The van der Waals surface area contributed by atoms with Crippen LogP contribution in [0.5, 0.6) is 0 Å². The van der Waals surface area contributed by atoms with Crippen molar-refractivity contribution in [2.24, 2.45) is 5.92 Å². The molecule has 0 saturated carbocycles. The van der Waals surface area contributed by atoms with Crippen LogP contribution in [0.2, 0.25) is 0 Å². The molecule has 0 bridgehead atoms. The maximum absolute atomic E-state index is 11.7. The van der Waals surface area contributed by atoms with Crippen LogP contribution >= 0.6 is 0 Å². The summed E-state index contributed by atoms with van der Waals surface area (Å²) in [5, 5.41) is 8.83. The molecule has 110 valence electrons. The van der Waals surface area contributed by atoms with Crippen LogP contribution in [0, 0.1) is 12.8 Å². The molecule has 0 aromatic carbocycles. The SMILES string of the molecule is Cc1ccoc1C(=O)NCCCNC(=O)C1CCNC1. The Morgan fingerprint density at radius 3 is 2.85 bits per heavy atom. The van der Waals surface area contributed by atoms with E-state index in [2.05, 4.69) is 16.0 Å². The Balaban J connectivity index is 1.58. The molecular weight excluding hydrogens is 258 g/mol. The number of carbonyl (C=O) groups excluding carboxylic acids is 2. The van der Waals surface area contributed by atoms with Gasteiger partial charge < -0.3 is 20.4 Å². The molecule has 20 heavy (non-hydrogen) atoms. The molecule has 0 aliphatic carbocycles. The van der Waals surface area contributed by atoms with Crippen LogP contribution in [0.3, 0.4) is 0 Å². The fourth-order valence-corrected chi connectivity index (χ4v) is 2.21. The van der Waals surface area contributed by atoms with Crippen LogP contribution < -0.4 is 16.0 Å². The highest BCUT2D eigenvalue weighted by molar-refractivity contribution is 5.92. The smallest absolute Gasteiger partial charge is 0.287 e. The second kappa shape index (κ2) is 7.09. The van der Waals surface area contributed by atoms with Crippen molar-refractivity contribution < 1.29 is 14.0 Å². The van der Waals surface area contributed by atoms with E-state index >= 15 is 0 Å². The van der Waals surface area contributed by atoms with Crippen LogP contribution in [0.25, 0.3) is 0 Å². The summed E-state index contributed by atoms with van der Waals surface area (Å²) in [5.74, 6) is 0.337. The predicted molar refractivity (Wildman–Crippen MR) is 74.4 cm³/mol. The van der Waals surface area contributed by atoms with E-state index in [4.69, 9.17) is 4.42 Å². The molecule has 1 fully saturated rings. The summed E-state index contributed by atoms with van der Waals surface area (Å²) in [6, 6.07) is 1.75. The van der Waals surface area contributed by atoms with Gasteiger partial charge in [-0.1, -0.05) is 0 Å². The van der Waals surface area contributed by atoms with E-state index in [-0.39, 0.29) is 17.7 Å². The number of nitrogens with one attached hydrogen (secondary N) is 3. The minimum atomic E-state index is -0.209. The Morgan fingerprint density at radius 1 is 1.40 bits per heavy atom. The van der Waals surface area contributed by atoms with Gasteiger partial charge in [-0.05, 0) is 32.4 Å². The third-order valence-electron chi connectivity index (χ3n) is 3.44. The molecule has 1 saturated heterocycles. The molecule has 1 atom stereocenters. The van der Waals surface area contributed by atoms with Crippen LogP contribution in [0.4, 0.5) is 0 Å². The van der Waals surface area contributed by atoms with E-state index in [0.717, 1.165) is 25.1 Å². The largest absolute Gasteiger partial charge is 0.459 e. The van der Waals surface area contributed by atoms with E-state index in [0.29, 0.717) is 25.3 Å². The quantitative estimate of drug-likeness (QED) is 0.660. The van der Waals surface area contributed by atoms with Crippen molar-refractivity contribution in [3.05, 3.63) is 23.7 Å². The fourth-order valence-electron chi connectivity index (χ4n) is 2.21. The van der Waals surface area contributed by atoms with Gasteiger partial charge >= 0.3 is 0 Å². The summed E-state index contributed by atoms with van der Waals surface area (Å²) in [6.07, 6.45) is 3.11.